The first-order chi connectivity index (χ1) is 12.1. The number of nitriles is 1. The van der Waals surface area contributed by atoms with Gasteiger partial charge in [-0.1, -0.05) is 11.6 Å². The van der Waals surface area contributed by atoms with Crippen LogP contribution in [0.25, 0.3) is 0 Å². The first kappa shape index (κ1) is 16.6. The highest BCUT2D eigenvalue weighted by Crippen LogP contribution is 2.28. The first-order valence-electron chi connectivity index (χ1n) is 7.24. The van der Waals surface area contributed by atoms with Crippen molar-refractivity contribution < 1.29 is 9.47 Å². The number of rotatable bonds is 4. The minimum Gasteiger partial charge on any atom is -0.457 e. The molecule has 3 aromatic rings. The van der Waals surface area contributed by atoms with Gasteiger partial charge in [-0.3, -0.25) is 4.79 Å². The lowest BCUT2D eigenvalue weighted by Crippen LogP contribution is -2.19. The van der Waals surface area contributed by atoms with Crippen LogP contribution in [0, 0.1) is 11.3 Å². The fourth-order valence-corrected chi connectivity index (χ4v) is 2.21. The molecule has 0 spiro atoms. The molecule has 0 saturated carbocycles. The third-order valence-electron chi connectivity index (χ3n) is 3.32. The zero-order valence-electron chi connectivity index (χ0n) is 13.1. The standard InChI is InChI=1S/C18H12ClN3O3/c1-22-18(23)17(19)16(11-21-22)25-15-8-6-14(7-9-15)24-13-4-2-12(10-20)3-5-13/h2-9,11H,1H3. The Morgan fingerprint density at radius 3 is 2.08 bits per heavy atom. The summed E-state index contributed by atoms with van der Waals surface area (Å²) in [4.78, 5) is 11.7. The van der Waals surface area contributed by atoms with Gasteiger partial charge in [-0.15, -0.1) is 0 Å². The largest absolute Gasteiger partial charge is 0.457 e. The van der Waals surface area contributed by atoms with Crippen LogP contribution in [0.1, 0.15) is 5.56 Å². The van der Waals surface area contributed by atoms with Crippen LogP contribution in [0.2, 0.25) is 5.02 Å². The zero-order valence-corrected chi connectivity index (χ0v) is 13.9. The van der Waals surface area contributed by atoms with Crippen molar-refractivity contribution in [2.45, 2.75) is 0 Å². The molecule has 0 saturated heterocycles. The van der Waals surface area contributed by atoms with Gasteiger partial charge in [0.2, 0.25) is 0 Å². The molecule has 0 aliphatic rings. The molecule has 0 bridgehead atoms. The Bertz CT molecular complexity index is 990. The summed E-state index contributed by atoms with van der Waals surface area (Å²) >= 11 is 5.97. The van der Waals surface area contributed by atoms with Crippen LogP contribution in [0.3, 0.4) is 0 Å². The van der Waals surface area contributed by atoms with Crippen molar-refractivity contribution in [2.75, 3.05) is 0 Å². The first-order valence-corrected chi connectivity index (χ1v) is 7.62. The summed E-state index contributed by atoms with van der Waals surface area (Å²) < 4.78 is 12.4. The van der Waals surface area contributed by atoms with Crippen molar-refractivity contribution in [1.29, 1.82) is 5.26 Å². The maximum atomic E-state index is 11.7. The van der Waals surface area contributed by atoms with E-state index in [9.17, 15) is 4.79 Å². The molecule has 124 valence electrons. The minimum absolute atomic E-state index is 0.0320. The lowest BCUT2D eigenvalue weighted by molar-refractivity contribution is 0.464. The third kappa shape index (κ3) is 3.79. The summed E-state index contributed by atoms with van der Waals surface area (Å²) in [5, 5.41) is 12.6. The number of hydrogen-bond acceptors (Lipinski definition) is 5. The van der Waals surface area contributed by atoms with E-state index in [0.29, 0.717) is 22.8 Å². The lowest BCUT2D eigenvalue weighted by Gasteiger charge is -2.09. The fraction of sp³-hybridized carbons (Fsp3) is 0.0556. The van der Waals surface area contributed by atoms with Gasteiger partial charge in [0.25, 0.3) is 5.56 Å². The molecule has 0 amide bonds. The van der Waals surface area contributed by atoms with Gasteiger partial charge in [0.1, 0.15) is 17.2 Å². The summed E-state index contributed by atoms with van der Waals surface area (Å²) in [5.41, 5.74) is 0.135. The molecular formula is C18H12ClN3O3. The van der Waals surface area contributed by atoms with Crippen LogP contribution in [-0.2, 0) is 7.05 Å². The highest BCUT2D eigenvalue weighted by atomic mass is 35.5. The average molecular weight is 354 g/mol. The second kappa shape index (κ2) is 7.07. The monoisotopic (exact) mass is 353 g/mol. The average Bonchev–Trinajstić information content (AvgIpc) is 2.64. The van der Waals surface area contributed by atoms with Gasteiger partial charge in [-0.25, -0.2) is 4.68 Å². The molecule has 1 aromatic heterocycles. The maximum Gasteiger partial charge on any atom is 0.289 e. The normalized spacial score (nSPS) is 10.1. The smallest absolute Gasteiger partial charge is 0.289 e. The topological polar surface area (TPSA) is 77.1 Å². The van der Waals surface area contributed by atoms with Crippen molar-refractivity contribution in [1.82, 2.24) is 9.78 Å². The number of ether oxygens (including phenoxy) is 2. The Labute approximate surface area is 148 Å². The summed E-state index contributed by atoms with van der Waals surface area (Å²) in [5.74, 6) is 1.89. The molecule has 25 heavy (non-hydrogen) atoms. The van der Waals surface area contributed by atoms with Crippen LogP contribution < -0.4 is 15.0 Å². The van der Waals surface area contributed by atoms with Gasteiger partial charge in [0.05, 0.1) is 17.8 Å². The van der Waals surface area contributed by atoms with E-state index in [0.717, 1.165) is 4.68 Å². The number of benzene rings is 2. The number of aryl methyl sites for hydroxylation is 1. The molecule has 0 unspecified atom stereocenters. The second-order valence-electron chi connectivity index (χ2n) is 5.06. The number of hydrogen-bond donors (Lipinski definition) is 0. The maximum absolute atomic E-state index is 11.7. The summed E-state index contributed by atoms with van der Waals surface area (Å²) in [7, 11) is 1.51. The van der Waals surface area contributed by atoms with Gasteiger partial charge in [-0.2, -0.15) is 10.4 Å². The molecule has 0 aliphatic heterocycles. The van der Waals surface area contributed by atoms with Crippen LogP contribution in [-0.4, -0.2) is 9.78 Å². The summed E-state index contributed by atoms with van der Waals surface area (Å²) in [6, 6.07) is 15.6. The van der Waals surface area contributed by atoms with E-state index < -0.39 is 5.56 Å². The molecule has 3 rings (SSSR count). The van der Waals surface area contributed by atoms with E-state index in [1.165, 1.54) is 13.2 Å². The Morgan fingerprint density at radius 1 is 1.00 bits per heavy atom. The molecular weight excluding hydrogens is 342 g/mol. The minimum atomic E-state index is -0.431. The lowest BCUT2D eigenvalue weighted by atomic mass is 10.2. The molecule has 7 heteroatoms. The Hall–Kier alpha value is -3.30. The van der Waals surface area contributed by atoms with Crippen LogP contribution in [0.15, 0.2) is 59.5 Å². The molecule has 0 atom stereocenters. The SMILES string of the molecule is Cn1ncc(Oc2ccc(Oc3ccc(C#N)cc3)cc2)c(Cl)c1=O. The van der Waals surface area contributed by atoms with Crippen molar-refractivity contribution in [3.8, 4) is 29.1 Å². The Morgan fingerprint density at radius 2 is 1.52 bits per heavy atom. The van der Waals surface area contributed by atoms with E-state index in [1.54, 1.807) is 48.5 Å². The summed E-state index contributed by atoms with van der Waals surface area (Å²) in [6.45, 7) is 0. The number of halogens is 1. The second-order valence-corrected chi connectivity index (χ2v) is 5.44. The number of nitrogens with zero attached hydrogens (tertiary/aromatic N) is 3. The molecule has 6 nitrogen and oxygen atoms in total. The summed E-state index contributed by atoms with van der Waals surface area (Å²) in [6.07, 6.45) is 1.38. The van der Waals surface area contributed by atoms with E-state index in [1.807, 2.05) is 6.07 Å². The number of aromatic nitrogens is 2. The van der Waals surface area contributed by atoms with E-state index in [4.69, 9.17) is 26.3 Å². The Balaban J connectivity index is 1.73. The molecule has 0 radical (unpaired) electrons. The Kier molecular flexibility index (Phi) is 4.68. The van der Waals surface area contributed by atoms with Gasteiger partial charge in [0.15, 0.2) is 10.8 Å². The molecule has 0 aliphatic carbocycles. The van der Waals surface area contributed by atoms with Crippen LogP contribution in [0.5, 0.6) is 23.0 Å². The highest BCUT2D eigenvalue weighted by Gasteiger charge is 2.09. The van der Waals surface area contributed by atoms with Crippen molar-refractivity contribution in [2.24, 2.45) is 7.05 Å². The van der Waals surface area contributed by atoms with Crippen molar-refractivity contribution in [3.05, 3.63) is 75.7 Å². The van der Waals surface area contributed by atoms with Crippen LogP contribution in [0.4, 0.5) is 0 Å². The third-order valence-corrected chi connectivity index (χ3v) is 3.66. The van der Waals surface area contributed by atoms with Gasteiger partial charge in [-0.05, 0) is 48.5 Å². The molecule has 1 heterocycles. The van der Waals surface area contributed by atoms with E-state index in [2.05, 4.69) is 5.10 Å². The molecule has 0 fully saturated rings. The molecule has 2 aromatic carbocycles. The van der Waals surface area contributed by atoms with Crippen molar-refractivity contribution in [3.63, 3.8) is 0 Å². The fourth-order valence-electron chi connectivity index (χ4n) is 2.00. The van der Waals surface area contributed by atoms with Crippen LogP contribution >= 0.6 is 11.6 Å². The molecule has 0 N–H and O–H groups in total. The highest BCUT2D eigenvalue weighted by molar-refractivity contribution is 6.31. The quantitative estimate of drug-likeness (QED) is 0.711. The van der Waals surface area contributed by atoms with E-state index in [-0.39, 0.29) is 10.8 Å². The van der Waals surface area contributed by atoms with E-state index >= 15 is 0 Å². The van der Waals surface area contributed by atoms with Gasteiger partial charge >= 0.3 is 0 Å². The zero-order chi connectivity index (χ0) is 17.8. The van der Waals surface area contributed by atoms with Gasteiger partial charge in [0, 0.05) is 7.05 Å². The predicted octanol–water partition coefficient (Wildman–Crippen LogP) is 3.89. The predicted molar refractivity (Wildman–Crippen MR) is 92.2 cm³/mol. The van der Waals surface area contributed by atoms with Crippen molar-refractivity contribution >= 4 is 11.6 Å². The van der Waals surface area contributed by atoms with Gasteiger partial charge < -0.3 is 9.47 Å².